The lowest BCUT2D eigenvalue weighted by atomic mass is 10.0. The predicted molar refractivity (Wildman–Crippen MR) is 60.7 cm³/mol. The van der Waals surface area contributed by atoms with Gasteiger partial charge in [0.15, 0.2) is 0 Å². The van der Waals surface area contributed by atoms with Gasteiger partial charge in [-0.1, -0.05) is 24.3 Å². The number of nitrogens with one attached hydrogen (secondary N) is 1. The van der Waals surface area contributed by atoms with Gasteiger partial charge >= 0.3 is 0 Å². The Bertz CT molecular complexity index is 301. The molecule has 0 aliphatic rings. The first-order chi connectivity index (χ1) is 7.15. The van der Waals surface area contributed by atoms with Gasteiger partial charge in [0.25, 0.3) is 0 Å². The van der Waals surface area contributed by atoms with Gasteiger partial charge < -0.3 is 15.5 Å². The molecule has 0 spiro atoms. The van der Waals surface area contributed by atoms with Crippen molar-refractivity contribution in [2.24, 2.45) is 0 Å². The van der Waals surface area contributed by atoms with Gasteiger partial charge in [0.05, 0.1) is 12.7 Å². The first kappa shape index (κ1) is 12.2. The van der Waals surface area contributed by atoms with Crippen LogP contribution in [0.4, 0.5) is 0 Å². The highest BCUT2D eigenvalue weighted by Crippen LogP contribution is 2.16. The maximum absolute atomic E-state index is 9.21. The SMILES string of the molecule is Cc1ccccc1[C@@H](C)NCC(O)CO. The molecule has 0 fully saturated rings. The van der Waals surface area contributed by atoms with Crippen LogP contribution in [0.25, 0.3) is 0 Å². The van der Waals surface area contributed by atoms with Crippen LogP contribution in [0.5, 0.6) is 0 Å². The number of rotatable bonds is 5. The Hall–Kier alpha value is -0.900. The number of hydrogen-bond donors (Lipinski definition) is 3. The molecule has 0 aromatic heterocycles. The highest BCUT2D eigenvalue weighted by Gasteiger charge is 2.09. The molecule has 1 aromatic rings. The van der Waals surface area contributed by atoms with E-state index in [1.165, 1.54) is 11.1 Å². The molecule has 0 amide bonds. The fourth-order valence-electron chi connectivity index (χ4n) is 1.56. The highest BCUT2D eigenvalue weighted by molar-refractivity contribution is 5.28. The Morgan fingerprint density at radius 1 is 1.33 bits per heavy atom. The maximum Gasteiger partial charge on any atom is 0.0895 e. The second-order valence-electron chi connectivity index (χ2n) is 3.82. The predicted octanol–water partition coefficient (Wildman–Crippen LogP) is 0.999. The van der Waals surface area contributed by atoms with Crippen LogP contribution >= 0.6 is 0 Å². The summed E-state index contributed by atoms with van der Waals surface area (Å²) in [4.78, 5) is 0. The van der Waals surface area contributed by atoms with E-state index in [0.29, 0.717) is 6.54 Å². The molecule has 3 N–H and O–H groups in total. The molecule has 2 atom stereocenters. The van der Waals surface area contributed by atoms with Crippen LogP contribution in [0.1, 0.15) is 24.1 Å². The first-order valence-corrected chi connectivity index (χ1v) is 5.23. The molecular formula is C12H19NO2. The maximum atomic E-state index is 9.21. The summed E-state index contributed by atoms with van der Waals surface area (Å²) in [6.45, 7) is 4.32. The molecule has 0 saturated heterocycles. The lowest BCUT2D eigenvalue weighted by Crippen LogP contribution is -2.31. The fourth-order valence-corrected chi connectivity index (χ4v) is 1.56. The highest BCUT2D eigenvalue weighted by atomic mass is 16.3. The lowest BCUT2D eigenvalue weighted by Gasteiger charge is -2.18. The third-order valence-electron chi connectivity index (χ3n) is 2.53. The summed E-state index contributed by atoms with van der Waals surface area (Å²) >= 11 is 0. The minimum Gasteiger partial charge on any atom is -0.394 e. The molecule has 1 aromatic carbocycles. The van der Waals surface area contributed by atoms with Crippen LogP contribution in [0.15, 0.2) is 24.3 Å². The normalized spacial score (nSPS) is 14.9. The third kappa shape index (κ3) is 3.63. The van der Waals surface area contributed by atoms with Crippen molar-refractivity contribution < 1.29 is 10.2 Å². The van der Waals surface area contributed by atoms with E-state index >= 15 is 0 Å². The van der Waals surface area contributed by atoms with Crippen LogP contribution in [-0.2, 0) is 0 Å². The van der Waals surface area contributed by atoms with Crippen molar-refractivity contribution in [3.8, 4) is 0 Å². The standard InChI is InChI=1S/C12H19NO2/c1-9-5-3-4-6-12(9)10(2)13-7-11(15)8-14/h3-6,10-11,13-15H,7-8H2,1-2H3/t10-,11?/m1/s1. The van der Waals surface area contributed by atoms with Gasteiger partial charge in [-0.25, -0.2) is 0 Å². The van der Waals surface area contributed by atoms with E-state index < -0.39 is 6.10 Å². The quantitative estimate of drug-likeness (QED) is 0.678. The molecule has 0 heterocycles. The van der Waals surface area contributed by atoms with Gasteiger partial charge in [0, 0.05) is 12.6 Å². The van der Waals surface area contributed by atoms with Crippen LogP contribution in [0, 0.1) is 6.92 Å². The van der Waals surface area contributed by atoms with Crippen molar-refractivity contribution in [3.63, 3.8) is 0 Å². The zero-order valence-corrected chi connectivity index (χ0v) is 9.27. The molecule has 0 aliphatic carbocycles. The summed E-state index contributed by atoms with van der Waals surface area (Å²) in [5.41, 5.74) is 2.46. The van der Waals surface area contributed by atoms with Crippen molar-refractivity contribution in [3.05, 3.63) is 35.4 Å². The Morgan fingerprint density at radius 3 is 2.60 bits per heavy atom. The summed E-state index contributed by atoms with van der Waals surface area (Å²) in [6, 6.07) is 8.33. The van der Waals surface area contributed by atoms with Crippen LogP contribution in [0.2, 0.25) is 0 Å². The van der Waals surface area contributed by atoms with Crippen molar-refractivity contribution >= 4 is 0 Å². The van der Waals surface area contributed by atoms with Gasteiger partial charge in [-0.3, -0.25) is 0 Å². The van der Waals surface area contributed by atoms with Crippen molar-refractivity contribution in [1.82, 2.24) is 5.32 Å². The van der Waals surface area contributed by atoms with E-state index in [2.05, 4.69) is 24.4 Å². The summed E-state index contributed by atoms with van der Waals surface area (Å²) < 4.78 is 0. The van der Waals surface area contributed by atoms with Crippen LogP contribution in [-0.4, -0.2) is 29.5 Å². The zero-order chi connectivity index (χ0) is 11.3. The Kier molecular flexibility index (Phi) is 4.75. The molecule has 3 heteroatoms. The van der Waals surface area contributed by atoms with E-state index in [0.717, 1.165) is 0 Å². The summed E-state index contributed by atoms with van der Waals surface area (Å²) in [5.74, 6) is 0. The van der Waals surface area contributed by atoms with Crippen LogP contribution in [0.3, 0.4) is 0 Å². The average molecular weight is 209 g/mol. The number of benzene rings is 1. The fraction of sp³-hybridized carbons (Fsp3) is 0.500. The van der Waals surface area contributed by atoms with E-state index in [1.54, 1.807) is 0 Å². The second kappa shape index (κ2) is 5.85. The molecule has 15 heavy (non-hydrogen) atoms. The molecule has 0 aliphatic heterocycles. The number of aliphatic hydroxyl groups is 2. The van der Waals surface area contributed by atoms with Crippen molar-refractivity contribution in [1.29, 1.82) is 0 Å². The molecule has 0 radical (unpaired) electrons. The van der Waals surface area contributed by atoms with E-state index in [1.807, 2.05) is 19.1 Å². The monoisotopic (exact) mass is 209 g/mol. The van der Waals surface area contributed by atoms with Gasteiger partial charge in [0.1, 0.15) is 0 Å². The largest absolute Gasteiger partial charge is 0.394 e. The molecular weight excluding hydrogens is 190 g/mol. The van der Waals surface area contributed by atoms with E-state index in [-0.39, 0.29) is 12.6 Å². The van der Waals surface area contributed by atoms with Gasteiger partial charge in [-0.05, 0) is 25.0 Å². The Balaban J connectivity index is 2.54. The lowest BCUT2D eigenvalue weighted by molar-refractivity contribution is 0.0923. The smallest absolute Gasteiger partial charge is 0.0895 e. The van der Waals surface area contributed by atoms with Gasteiger partial charge in [-0.2, -0.15) is 0 Å². The molecule has 3 nitrogen and oxygen atoms in total. The average Bonchev–Trinajstić information content (AvgIpc) is 2.26. The topological polar surface area (TPSA) is 52.5 Å². The number of aliphatic hydroxyl groups excluding tert-OH is 2. The first-order valence-electron chi connectivity index (χ1n) is 5.23. The Labute approximate surface area is 90.8 Å². The molecule has 1 unspecified atom stereocenters. The van der Waals surface area contributed by atoms with Crippen LogP contribution < -0.4 is 5.32 Å². The number of aryl methyl sites for hydroxylation is 1. The van der Waals surface area contributed by atoms with Crippen molar-refractivity contribution in [2.45, 2.75) is 26.0 Å². The van der Waals surface area contributed by atoms with E-state index in [4.69, 9.17) is 5.11 Å². The third-order valence-corrected chi connectivity index (χ3v) is 2.53. The number of hydrogen-bond acceptors (Lipinski definition) is 3. The molecule has 84 valence electrons. The molecule has 0 saturated carbocycles. The molecule has 1 rings (SSSR count). The summed E-state index contributed by atoms with van der Waals surface area (Å²) in [6.07, 6.45) is -0.684. The minimum absolute atomic E-state index is 0.187. The van der Waals surface area contributed by atoms with E-state index in [9.17, 15) is 5.11 Å². The second-order valence-corrected chi connectivity index (χ2v) is 3.82. The van der Waals surface area contributed by atoms with Gasteiger partial charge in [0.2, 0.25) is 0 Å². The summed E-state index contributed by atoms with van der Waals surface area (Å²) in [5, 5.41) is 21.1. The van der Waals surface area contributed by atoms with Gasteiger partial charge in [-0.15, -0.1) is 0 Å². The minimum atomic E-state index is -0.684. The Morgan fingerprint density at radius 2 is 2.00 bits per heavy atom. The van der Waals surface area contributed by atoms with Crippen molar-refractivity contribution in [2.75, 3.05) is 13.2 Å². The molecule has 0 bridgehead atoms. The summed E-state index contributed by atoms with van der Waals surface area (Å²) in [7, 11) is 0. The zero-order valence-electron chi connectivity index (χ0n) is 9.27.